The lowest BCUT2D eigenvalue weighted by atomic mass is 10.1. The molecule has 0 aliphatic carbocycles. The Kier molecular flexibility index (Phi) is 7.08. The van der Waals surface area contributed by atoms with E-state index in [0.29, 0.717) is 16.3 Å². The maximum absolute atomic E-state index is 13.0. The van der Waals surface area contributed by atoms with Crippen molar-refractivity contribution in [3.63, 3.8) is 0 Å². The van der Waals surface area contributed by atoms with E-state index in [4.69, 9.17) is 0 Å². The summed E-state index contributed by atoms with van der Waals surface area (Å²) in [5.41, 5.74) is 2.19. The van der Waals surface area contributed by atoms with Gasteiger partial charge in [-0.2, -0.15) is 0 Å². The molecular weight excluding hydrogens is 433 g/mol. The van der Waals surface area contributed by atoms with Crippen LogP contribution in [0.25, 0.3) is 11.3 Å². The van der Waals surface area contributed by atoms with E-state index in [-0.39, 0.29) is 11.7 Å². The summed E-state index contributed by atoms with van der Waals surface area (Å²) in [5, 5.41) is 7.03. The van der Waals surface area contributed by atoms with Crippen molar-refractivity contribution in [1.82, 2.24) is 15.2 Å². The number of nitrogens with zero attached hydrogens (tertiary/aromatic N) is 3. The van der Waals surface area contributed by atoms with Crippen LogP contribution in [0.15, 0.2) is 58.5 Å². The van der Waals surface area contributed by atoms with E-state index in [0.717, 1.165) is 47.5 Å². The number of piperazine rings is 1. The zero-order chi connectivity index (χ0) is 21.6. The first-order chi connectivity index (χ1) is 15.1. The maximum atomic E-state index is 13.0. The summed E-state index contributed by atoms with van der Waals surface area (Å²) < 4.78 is 13.0. The lowest BCUT2D eigenvalue weighted by Gasteiger charge is -2.26. The van der Waals surface area contributed by atoms with Crippen LogP contribution >= 0.6 is 23.1 Å². The van der Waals surface area contributed by atoms with Crippen LogP contribution in [0.4, 0.5) is 15.1 Å². The van der Waals surface area contributed by atoms with Crippen molar-refractivity contribution in [2.45, 2.75) is 4.90 Å². The summed E-state index contributed by atoms with van der Waals surface area (Å²) in [4.78, 5) is 24.9. The van der Waals surface area contributed by atoms with Crippen LogP contribution in [0.2, 0.25) is 0 Å². The zero-order valence-corrected chi connectivity index (χ0v) is 18.4. The first-order valence-corrected chi connectivity index (χ1v) is 11.6. The topological polar surface area (TPSA) is 69.6 Å². The zero-order valence-electron chi connectivity index (χ0n) is 16.8. The first-order valence-electron chi connectivity index (χ1n) is 9.82. The van der Waals surface area contributed by atoms with Crippen LogP contribution in [0.5, 0.6) is 0 Å². The smallest absolute Gasteiger partial charge is 0.265 e. The number of benzene rings is 1. The van der Waals surface area contributed by atoms with Crippen molar-refractivity contribution in [1.29, 1.82) is 0 Å². The molecule has 2 N–H and O–H groups in total. The summed E-state index contributed by atoms with van der Waals surface area (Å²) in [7, 11) is 0. The second kappa shape index (κ2) is 10.1. The quantitative estimate of drug-likeness (QED) is 0.406. The number of aliphatic imine (C=N–C) groups is 1. The fraction of sp³-hybridized carbons (Fsp3) is 0.227. The lowest BCUT2D eigenvalue weighted by molar-refractivity contribution is 0.103. The van der Waals surface area contributed by atoms with Gasteiger partial charge in [-0.05, 0) is 37.0 Å². The van der Waals surface area contributed by atoms with Gasteiger partial charge in [0.05, 0.1) is 16.8 Å². The maximum Gasteiger partial charge on any atom is 0.265 e. The second-order valence-corrected chi connectivity index (χ2v) is 8.99. The number of carbonyl (C=O) groups is 1. The molecule has 1 saturated heterocycles. The van der Waals surface area contributed by atoms with Gasteiger partial charge in [0.25, 0.3) is 5.91 Å². The van der Waals surface area contributed by atoms with Crippen molar-refractivity contribution in [2.75, 3.05) is 37.4 Å². The Morgan fingerprint density at radius 2 is 2.03 bits per heavy atom. The van der Waals surface area contributed by atoms with Gasteiger partial charge in [0.2, 0.25) is 0 Å². The minimum atomic E-state index is -0.373. The molecule has 0 atom stereocenters. The number of halogens is 1. The summed E-state index contributed by atoms with van der Waals surface area (Å²) in [6.45, 7) is 7.69. The number of carbonyl (C=O) groups excluding carboxylic acids is 1. The Morgan fingerprint density at radius 1 is 1.26 bits per heavy atom. The van der Waals surface area contributed by atoms with Gasteiger partial charge in [-0.15, -0.1) is 23.1 Å². The SMILES string of the molecule is C=Nc1sc(C(=O)Nc2ccc(-c3ccc(F)cn3)cc2)cc1SCN1CCNCC1. The van der Waals surface area contributed by atoms with E-state index in [2.05, 4.69) is 32.2 Å². The molecule has 3 aromatic rings. The minimum Gasteiger partial charge on any atom is -0.321 e. The minimum absolute atomic E-state index is 0.184. The Hall–Kier alpha value is -2.59. The number of thiophene rings is 1. The van der Waals surface area contributed by atoms with Gasteiger partial charge in [-0.1, -0.05) is 12.1 Å². The van der Waals surface area contributed by atoms with Gasteiger partial charge < -0.3 is 10.6 Å². The molecule has 3 heterocycles. The standard InChI is InChI=1S/C22H22FN5OS2/c1-24-22-20(30-14-28-10-8-25-9-11-28)12-19(31-22)21(29)27-17-5-2-15(3-6-17)18-7-4-16(23)13-26-18/h2-7,12-13,25H,1,8-11,14H2,(H,27,29). The fourth-order valence-electron chi connectivity index (χ4n) is 3.15. The number of nitrogens with one attached hydrogen (secondary N) is 2. The normalized spacial score (nSPS) is 14.4. The van der Waals surface area contributed by atoms with Crippen LogP contribution in [0.3, 0.4) is 0 Å². The Bertz CT molecular complexity index is 1050. The largest absolute Gasteiger partial charge is 0.321 e. The van der Waals surface area contributed by atoms with Crippen molar-refractivity contribution in [2.24, 2.45) is 4.99 Å². The number of amides is 1. The van der Waals surface area contributed by atoms with E-state index in [1.165, 1.54) is 23.6 Å². The Balaban J connectivity index is 1.40. The number of hydrogen-bond donors (Lipinski definition) is 2. The average Bonchev–Trinajstić information content (AvgIpc) is 3.23. The van der Waals surface area contributed by atoms with Gasteiger partial charge in [0, 0.05) is 48.2 Å². The van der Waals surface area contributed by atoms with E-state index in [9.17, 15) is 9.18 Å². The van der Waals surface area contributed by atoms with Crippen LogP contribution in [0, 0.1) is 5.82 Å². The monoisotopic (exact) mass is 455 g/mol. The highest BCUT2D eigenvalue weighted by Gasteiger charge is 2.17. The predicted molar refractivity (Wildman–Crippen MR) is 126 cm³/mol. The molecule has 0 bridgehead atoms. The number of hydrogen-bond acceptors (Lipinski definition) is 7. The molecule has 0 saturated carbocycles. The van der Waals surface area contributed by atoms with E-state index < -0.39 is 0 Å². The van der Waals surface area contributed by atoms with Gasteiger partial charge in [0.1, 0.15) is 10.8 Å². The predicted octanol–water partition coefficient (Wildman–Crippen LogP) is 4.49. The highest BCUT2D eigenvalue weighted by Crippen LogP contribution is 2.38. The van der Waals surface area contributed by atoms with Crippen molar-refractivity contribution >= 4 is 46.4 Å². The number of thioether (sulfide) groups is 1. The van der Waals surface area contributed by atoms with Crippen LogP contribution < -0.4 is 10.6 Å². The van der Waals surface area contributed by atoms with Crippen LogP contribution in [-0.4, -0.2) is 54.6 Å². The van der Waals surface area contributed by atoms with Gasteiger partial charge in [-0.3, -0.25) is 19.7 Å². The Morgan fingerprint density at radius 3 is 2.71 bits per heavy atom. The molecule has 31 heavy (non-hydrogen) atoms. The summed E-state index contributed by atoms with van der Waals surface area (Å²) in [6.07, 6.45) is 1.19. The molecule has 1 amide bonds. The van der Waals surface area contributed by atoms with Gasteiger partial charge in [0.15, 0.2) is 0 Å². The molecule has 160 valence electrons. The van der Waals surface area contributed by atoms with E-state index >= 15 is 0 Å². The van der Waals surface area contributed by atoms with Crippen LogP contribution in [-0.2, 0) is 0 Å². The first kappa shape index (κ1) is 21.6. The Labute approximate surface area is 188 Å². The third-order valence-electron chi connectivity index (χ3n) is 4.83. The number of rotatable bonds is 7. The number of aromatic nitrogens is 1. The van der Waals surface area contributed by atoms with E-state index in [1.54, 1.807) is 30.0 Å². The molecule has 0 unspecified atom stereocenters. The lowest BCUT2D eigenvalue weighted by Crippen LogP contribution is -2.43. The molecule has 4 rings (SSSR count). The third kappa shape index (κ3) is 5.56. The van der Waals surface area contributed by atoms with E-state index in [1.807, 2.05) is 18.2 Å². The van der Waals surface area contributed by atoms with Crippen molar-refractivity contribution < 1.29 is 9.18 Å². The average molecular weight is 456 g/mol. The molecular formula is C22H22FN5OS2. The van der Waals surface area contributed by atoms with Crippen molar-refractivity contribution in [3.8, 4) is 11.3 Å². The molecule has 9 heteroatoms. The molecule has 0 spiro atoms. The van der Waals surface area contributed by atoms with Crippen LogP contribution in [0.1, 0.15) is 9.67 Å². The highest BCUT2D eigenvalue weighted by molar-refractivity contribution is 7.99. The number of pyridine rings is 1. The summed E-state index contributed by atoms with van der Waals surface area (Å²) in [6, 6.07) is 12.2. The molecule has 1 fully saturated rings. The summed E-state index contributed by atoms with van der Waals surface area (Å²) in [5.74, 6) is 0.306. The summed E-state index contributed by atoms with van der Waals surface area (Å²) >= 11 is 3.02. The fourth-order valence-corrected chi connectivity index (χ4v) is 5.25. The van der Waals surface area contributed by atoms with Gasteiger partial charge >= 0.3 is 0 Å². The van der Waals surface area contributed by atoms with Crippen molar-refractivity contribution in [3.05, 3.63) is 59.4 Å². The highest BCUT2D eigenvalue weighted by atomic mass is 32.2. The molecule has 2 aromatic heterocycles. The molecule has 1 aromatic carbocycles. The molecule has 6 nitrogen and oxygen atoms in total. The second-order valence-electron chi connectivity index (χ2n) is 6.97. The number of anilines is 1. The third-order valence-corrected chi connectivity index (χ3v) is 7.14. The molecule has 1 aliphatic rings. The van der Waals surface area contributed by atoms with Gasteiger partial charge in [-0.25, -0.2) is 4.39 Å². The molecule has 0 radical (unpaired) electrons. The molecule has 1 aliphatic heterocycles.